The van der Waals surface area contributed by atoms with Crippen molar-refractivity contribution in [3.63, 3.8) is 0 Å². The Labute approximate surface area is 184 Å². The van der Waals surface area contributed by atoms with Gasteiger partial charge in [-0.2, -0.15) is 13.2 Å². The maximum atomic E-state index is 12.8. The van der Waals surface area contributed by atoms with Gasteiger partial charge in [0.2, 0.25) is 0 Å². The molecule has 10 heteroatoms. The van der Waals surface area contributed by atoms with Gasteiger partial charge in [0.15, 0.2) is 0 Å². The Hall–Kier alpha value is -3.14. The molecule has 0 aliphatic carbocycles. The summed E-state index contributed by atoms with van der Waals surface area (Å²) < 4.78 is 43.7. The summed E-state index contributed by atoms with van der Waals surface area (Å²) in [5.41, 5.74) is 0.0379. The molecule has 0 bridgehead atoms. The number of amides is 1. The number of methoxy groups -OCH3 is 1. The zero-order chi connectivity index (χ0) is 23.5. The number of benzene rings is 1. The van der Waals surface area contributed by atoms with Gasteiger partial charge < -0.3 is 25.7 Å². The molecule has 3 rings (SSSR count). The van der Waals surface area contributed by atoms with Crippen LogP contribution in [0.25, 0.3) is 0 Å². The van der Waals surface area contributed by atoms with Crippen LogP contribution in [-0.2, 0) is 6.18 Å². The number of hydrogen-bond donors (Lipinski definition) is 3. The number of likely N-dealkylation sites (tertiary alicyclic amines) is 1. The van der Waals surface area contributed by atoms with Crippen molar-refractivity contribution in [3.8, 4) is 5.75 Å². The predicted molar refractivity (Wildman–Crippen MR) is 117 cm³/mol. The lowest BCUT2D eigenvalue weighted by Gasteiger charge is -2.30. The molecule has 0 radical (unpaired) electrons. The van der Waals surface area contributed by atoms with Crippen molar-refractivity contribution >= 4 is 23.1 Å². The molecule has 7 nitrogen and oxygen atoms in total. The number of ether oxygens (including phenoxy) is 1. The highest BCUT2D eigenvalue weighted by Gasteiger charge is 2.30. The summed E-state index contributed by atoms with van der Waals surface area (Å²) in [7, 11) is 3.46. The quantitative estimate of drug-likeness (QED) is 0.574. The first-order valence-corrected chi connectivity index (χ1v) is 10.2. The standard InChI is InChI=1S/C22H26F3N5O2/c1-13(26)18-19(32-3)17(12-27-20(18)28-16-8-10-30(2)11-9-16)21(31)29-15-6-4-14(5-7-15)22(23,24)25/h4-7,12,16,26H,8-11H2,1-3H3,(H,27,28)(H,29,31). The van der Waals surface area contributed by atoms with Gasteiger partial charge in [-0.3, -0.25) is 4.79 Å². The van der Waals surface area contributed by atoms with Crippen LogP contribution >= 0.6 is 0 Å². The average Bonchev–Trinajstić information content (AvgIpc) is 2.74. The van der Waals surface area contributed by atoms with Gasteiger partial charge in [0.25, 0.3) is 5.91 Å². The van der Waals surface area contributed by atoms with E-state index >= 15 is 0 Å². The number of piperidine rings is 1. The molecule has 3 N–H and O–H groups in total. The lowest BCUT2D eigenvalue weighted by molar-refractivity contribution is -0.137. The lowest BCUT2D eigenvalue weighted by Crippen LogP contribution is -2.37. The summed E-state index contributed by atoms with van der Waals surface area (Å²) in [6.07, 6.45) is -1.26. The van der Waals surface area contributed by atoms with E-state index in [0.29, 0.717) is 11.4 Å². The zero-order valence-corrected chi connectivity index (χ0v) is 18.1. The van der Waals surface area contributed by atoms with E-state index in [9.17, 15) is 18.0 Å². The smallest absolute Gasteiger partial charge is 0.416 e. The number of carbonyl (C=O) groups excluding carboxylic acids is 1. The van der Waals surface area contributed by atoms with Gasteiger partial charge in [-0.25, -0.2) is 4.98 Å². The van der Waals surface area contributed by atoms with Gasteiger partial charge in [0, 0.05) is 23.6 Å². The molecule has 32 heavy (non-hydrogen) atoms. The highest BCUT2D eigenvalue weighted by Crippen LogP contribution is 2.32. The van der Waals surface area contributed by atoms with Crippen LogP contribution in [0.4, 0.5) is 24.7 Å². The predicted octanol–water partition coefficient (Wildman–Crippen LogP) is 4.26. The van der Waals surface area contributed by atoms with Crippen LogP contribution in [0.5, 0.6) is 5.75 Å². The highest BCUT2D eigenvalue weighted by atomic mass is 19.4. The van der Waals surface area contributed by atoms with Gasteiger partial charge in [-0.05, 0) is 64.2 Å². The minimum absolute atomic E-state index is 0.0860. The molecule has 172 valence electrons. The first kappa shape index (κ1) is 23.5. The van der Waals surface area contributed by atoms with Crippen molar-refractivity contribution in [1.29, 1.82) is 5.41 Å². The SMILES string of the molecule is COc1c(C(=O)Nc2ccc(C(F)(F)F)cc2)cnc(NC2CCN(C)CC2)c1C(C)=N. The molecule has 2 heterocycles. The molecule has 2 aromatic rings. The highest BCUT2D eigenvalue weighted by molar-refractivity contribution is 6.11. The molecule has 1 aliphatic rings. The van der Waals surface area contributed by atoms with Crippen molar-refractivity contribution < 1.29 is 22.7 Å². The van der Waals surface area contributed by atoms with Crippen molar-refractivity contribution in [2.75, 3.05) is 37.9 Å². The number of hydrogen-bond acceptors (Lipinski definition) is 6. The summed E-state index contributed by atoms with van der Waals surface area (Å²) in [6, 6.07) is 4.34. The Balaban J connectivity index is 1.85. The van der Waals surface area contributed by atoms with E-state index in [4.69, 9.17) is 10.1 Å². The summed E-state index contributed by atoms with van der Waals surface area (Å²) in [5.74, 6) is 0.0600. The van der Waals surface area contributed by atoms with E-state index in [0.717, 1.165) is 38.1 Å². The molecule has 1 saturated heterocycles. The van der Waals surface area contributed by atoms with Gasteiger partial charge in [-0.15, -0.1) is 0 Å². The number of rotatable bonds is 6. The molecule has 1 fully saturated rings. The van der Waals surface area contributed by atoms with E-state index < -0.39 is 17.6 Å². The van der Waals surface area contributed by atoms with Crippen LogP contribution in [0.1, 0.15) is 41.3 Å². The molecule has 1 amide bonds. The first-order valence-electron chi connectivity index (χ1n) is 10.2. The number of alkyl halides is 3. The molecular weight excluding hydrogens is 423 g/mol. The molecule has 0 saturated carbocycles. The number of carbonyl (C=O) groups is 1. The molecule has 1 aromatic carbocycles. The number of pyridine rings is 1. The molecule has 1 aliphatic heterocycles. The van der Waals surface area contributed by atoms with Gasteiger partial charge in [0.05, 0.1) is 18.2 Å². The lowest BCUT2D eigenvalue weighted by atomic mass is 10.0. The second kappa shape index (κ2) is 9.56. The third-order valence-corrected chi connectivity index (χ3v) is 5.38. The van der Waals surface area contributed by atoms with Crippen LogP contribution in [0.15, 0.2) is 30.5 Å². The zero-order valence-electron chi connectivity index (χ0n) is 18.1. The van der Waals surface area contributed by atoms with Gasteiger partial charge in [-0.1, -0.05) is 0 Å². The number of halogens is 3. The van der Waals surface area contributed by atoms with Crippen LogP contribution in [0.3, 0.4) is 0 Å². The Kier molecular flexibility index (Phi) is 7.02. The summed E-state index contributed by atoms with van der Waals surface area (Å²) in [4.78, 5) is 19.5. The fourth-order valence-electron chi connectivity index (χ4n) is 3.61. The van der Waals surface area contributed by atoms with Crippen molar-refractivity contribution in [3.05, 3.63) is 47.2 Å². The maximum absolute atomic E-state index is 12.8. The third-order valence-electron chi connectivity index (χ3n) is 5.38. The van der Waals surface area contributed by atoms with Gasteiger partial charge >= 0.3 is 6.18 Å². The van der Waals surface area contributed by atoms with Crippen LogP contribution in [0.2, 0.25) is 0 Å². The topological polar surface area (TPSA) is 90.3 Å². The molecule has 0 unspecified atom stereocenters. The third kappa shape index (κ3) is 5.37. The largest absolute Gasteiger partial charge is 0.495 e. The Bertz CT molecular complexity index is 984. The second-order valence-electron chi connectivity index (χ2n) is 7.80. The first-order chi connectivity index (χ1) is 15.1. The molecule has 1 aromatic heterocycles. The second-order valence-corrected chi connectivity index (χ2v) is 7.80. The van der Waals surface area contributed by atoms with E-state index in [-0.39, 0.29) is 28.8 Å². The molecule has 0 atom stereocenters. The van der Waals surface area contributed by atoms with E-state index in [1.54, 1.807) is 6.92 Å². The number of nitrogens with zero attached hydrogens (tertiary/aromatic N) is 2. The van der Waals surface area contributed by atoms with Crippen molar-refractivity contribution in [2.45, 2.75) is 32.0 Å². The minimum atomic E-state index is -4.46. The summed E-state index contributed by atoms with van der Waals surface area (Å²) in [5, 5.41) is 14.1. The van der Waals surface area contributed by atoms with E-state index in [1.807, 2.05) is 0 Å². The Morgan fingerprint density at radius 3 is 2.38 bits per heavy atom. The van der Waals surface area contributed by atoms with E-state index in [2.05, 4.69) is 27.6 Å². The van der Waals surface area contributed by atoms with Crippen LogP contribution in [0, 0.1) is 5.41 Å². The normalized spacial score (nSPS) is 15.3. The van der Waals surface area contributed by atoms with Crippen molar-refractivity contribution in [2.24, 2.45) is 0 Å². The van der Waals surface area contributed by atoms with Gasteiger partial charge in [0.1, 0.15) is 17.1 Å². The Morgan fingerprint density at radius 2 is 1.84 bits per heavy atom. The molecule has 0 spiro atoms. The average molecular weight is 449 g/mol. The fraction of sp³-hybridized carbons (Fsp3) is 0.409. The minimum Gasteiger partial charge on any atom is -0.495 e. The monoisotopic (exact) mass is 449 g/mol. The molecular formula is C22H26F3N5O2. The Morgan fingerprint density at radius 1 is 1.22 bits per heavy atom. The maximum Gasteiger partial charge on any atom is 0.416 e. The number of aromatic nitrogens is 1. The van der Waals surface area contributed by atoms with Crippen molar-refractivity contribution in [1.82, 2.24) is 9.88 Å². The number of nitrogens with one attached hydrogen (secondary N) is 3. The van der Waals surface area contributed by atoms with E-state index in [1.165, 1.54) is 25.4 Å². The summed E-state index contributed by atoms with van der Waals surface area (Å²) >= 11 is 0. The van der Waals surface area contributed by atoms with Crippen LogP contribution < -0.4 is 15.4 Å². The van der Waals surface area contributed by atoms with Crippen LogP contribution in [-0.4, -0.2) is 54.8 Å². The summed E-state index contributed by atoms with van der Waals surface area (Å²) in [6.45, 7) is 3.47. The fourth-order valence-corrected chi connectivity index (χ4v) is 3.61. The number of anilines is 2.